The Balaban J connectivity index is 2.32. The molecule has 1 heterocycles. The molecule has 0 fully saturated rings. The number of nitrogens with one attached hydrogen (secondary N) is 1. The summed E-state index contributed by atoms with van der Waals surface area (Å²) >= 11 is 0. The SMILES string of the molecule is CCOC(C)CNCc1cc(C(=O)OC)co1. The third-order valence-electron chi connectivity index (χ3n) is 2.26. The first-order valence-corrected chi connectivity index (χ1v) is 5.65. The molecule has 1 rings (SSSR count). The molecule has 1 N–H and O–H groups in total. The largest absolute Gasteiger partial charge is 0.467 e. The number of hydrogen-bond donors (Lipinski definition) is 1. The van der Waals surface area contributed by atoms with Crippen LogP contribution < -0.4 is 5.32 Å². The van der Waals surface area contributed by atoms with Crippen molar-refractivity contribution in [1.29, 1.82) is 0 Å². The Hall–Kier alpha value is -1.33. The number of rotatable bonds is 7. The van der Waals surface area contributed by atoms with E-state index in [1.54, 1.807) is 6.07 Å². The Labute approximate surface area is 101 Å². The Morgan fingerprint density at radius 3 is 3.00 bits per heavy atom. The van der Waals surface area contributed by atoms with Gasteiger partial charge in [-0.1, -0.05) is 0 Å². The predicted molar refractivity (Wildman–Crippen MR) is 62.8 cm³/mol. The van der Waals surface area contributed by atoms with Gasteiger partial charge in [-0.15, -0.1) is 0 Å². The summed E-state index contributed by atoms with van der Waals surface area (Å²) in [6.07, 6.45) is 1.56. The van der Waals surface area contributed by atoms with Gasteiger partial charge in [0.05, 0.1) is 25.3 Å². The number of ether oxygens (including phenoxy) is 2. The summed E-state index contributed by atoms with van der Waals surface area (Å²) in [5, 5.41) is 3.19. The molecule has 1 aromatic heterocycles. The molecule has 5 nitrogen and oxygen atoms in total. The maximum absolute atomic E-state index is 11.2. The van der Waals surface area contributed by atoms with Crippen LogP contribution in [0.3, 0.4) is 0 Å². The first-order chi connectivity index (χ1) is 8.17. The van der Waals surface area contributed by atoms with Crippen molar-refractivity contribution in [3.05, 3.63) is 23.7 Å². The standard InChI is InChI=1S/C12H19NO4/c1-4-16-9(2)6-13-7-11-5-10(8-17-11)12(14)15-3/h5,8-9,13H,4,6-7H2,1-3H3. The monoisotopic (exact) mass is 241 g/mol. The average Bonchev–Trinajstić information content (AvgIpc) is 2.77. The topological polar surface area (TPSA) is 60.7 Å². The molecule has 96 valence electrons. The number of furan rings is 1. The van der Waals surface area contributed by atoms with Crippen LogP contribution in [0.4, 0.5) is 0 Å². The second kappa shape index (κ2) is 7.09. The molecule has 1 aromatic rings. The van der Waals surface area contributed by atoms with Crippen molar-refractivity contribution in [2.24, 2.45) is 0 Å². The Morgan fingerprint density at radius 2 is 2.35 bits per heavy atom. The lowest BCUT2D eigenvalue weighted by molar-refractivity contribution is 0.0600. The first kappa shape index (κ1) is 13.7. The van der Waals surface area contributed by atoms with Crippen LogP contribution in [0.25, 0.3) is 0 Å². The highest BCUT2D eigenvalue weighted by Gasteiger charge is 2.10. The second-order valence-electron chi connectivity index (χ2n) is 3.69. The van der Waals surface area contributed by atoms with Gasteiger partial charge in [0.15, 0.2) is 0 Å². The number of carbonyl (C=O) groups is 1. The van der Waals surface area contributed by atoms with E-state index >= 15 is 0 Å². The van der Waals surface area contributed by atoms with Crippen molar-refractivity contribution in [2.45, 2.75) is 26.5 Å². The lowest BCUT2D eigenvalue weighted by Gasteiger charge is -2.11. The Kier molecular flexibility index (Phi) is 5.72. The predicted octanol–water partition coefficient (Wildman–Crippen LogP) is 1.58. The number of carbonyl (C=O) groups excluding carboxylic acids is 1. The molecule has 0 aliphatic carbocycles. The quantitative estimate of drug-likeness (QED) is 0.734. The molecule has 0 aromatic carbocycles. The molecular weight excluding hydrogens is 222 g/mol. The second-order valence-corrected chi connectivity index (χ2v) is 3.69. The third-order valence-corrected chi connectivity index (χ3v) is 2.26. The van der Waals surface area contributed by atoms with Crippen molar-refractivity contribution in [3.63, 3.8) is 0 Å². The molecule has 0 aliphatic rings. The molecule has 1 atom stereocenters. The molecule has 0 radical (unpaired) electrons. The summed E-state index contributed by atoms with van der Waals surface area (Å²) in [5.74, 6) is 0.316. The molecule has 0 spiro atoms. The van der Waals surface area contributed by atoms with Crippen molar-refractivity contribution in [1.82, 2.24) is 5.32 Å². The minimum atomic E-state index is -0.386. The van der Waals surface area contributed by atoms with Crippen molar-refractivity contribution >= 4 is 5.97 Å². The summed E-state index contributed by atoms with van der Waals surface area (Å²) in [5.41, 5.74) is 0.433. The zero-order valence-electron chi connectivity index (χ0n) is 10.5. The van der Waals surface area contributed by atoms with Gasteiger partial charge in [-0.05, 0) is 19.9 Å². The Morgan fingerprint density at radius 1 is 1.59 bits per heavy atom. The van der Waals surface area contributed by atoms with Gasteiger partial charge in [0, 0.05) is 13.2 Å². The summed E-state index contributed by atoms with van der Waals surface area (Å²) in [7, 11) is 1.34. The fourth-order valence-electron chi connectivity index (χ4n) is 1.44. The van der Waals surface area contributed by atoms with Crippen molar-refractivity contribution < 1.29 is 18.7 Å². The summed E-state index contributed by atoms with van der Waals surface area (Å²) in [6, 6.07) is 1.67. The van der Waals surface area contributed by atoms with E-state index < -0.39 is 0 Å². The molecule has 5 heteroatoms. The van der Waals surface area contributed by atoms with E-state index in [2.05, 4.69) is 10.1 Å². The van der Waals surface area contributed by atoms with Crippen LogP contribution in [0.1, 0.15) is 30.0 Å². The van der Waals surface area contributed by atoms with Gasteiger partial charge < -0.3 is 19.2 Å². The minimum absolute atomic E-state index is 0.162. The normalized spacial score (nSPS) is 12.4. The summed E-state index contributed by atoms with van der Waals surface area (Å²) in [4.78, 5) is 11.2. The van der Waals surface area contributed by atoms with Crippen molar-refractivity contribution in [3.8, 4) is 0 Å². The number of hydrogen-bond acceptors (Lipinski definition) is 5. The van der Waals surface area contributed by atoms with E-state index in [1.807, 2.05) is 13.8 Å². The molecular formula is C12H19NO4. The summed E-state index contributed by atoms with van der Waals surface area (Å²) < 4.78 is 15.2. The highest BCUT2D eigenvalue weighted by atomic mass is 16.5. The summed E-state index contributed by atoms with van der Waals surface area (Å²) in [6.45, 7) is 5.97. The number of esters is 1. The maximum atomic E-state index is 11.2. The van der Waals surface area contributed by atoms with Crippen LogP contribution in [-0.2, 0) is 16.0 Å². The van der Waals surface area contributed by atoms with Crippen LogP contribution in [0, 0.1) is 0 Å². The van der Waals surface area contributed by atoms with E-state index in [0.29, 0.717) is 24.5 Å². The van der Waals surface area contributed by atoms with Gasteiger partial charge >= 0.3 is 5.97 Å². The third kappa shape index (κ3) is 4.58. The van der Waals surface area contributed by atoms with Crippen LogP contribution in [0.2, 0.25) is 0 Å². The molecule has 0 aliphatic heterocycles. The van der Waals surface area contributed by atoms with Gasteiger partial charge in [-0.3, -0.25) is 0 Å². The minimum Gasteiger partial charge on any atom is -0.467 e. The van der Waals surface area contributed by atoms with E-state index in [0.717, 1.165) is 6.54 Å². The van der Waals surface area contributed by atoms with Gasteiger partial charge in [-0.2, -0.15) is 0 Å². The van der Waals surface area contributed by atoms with Crippen LogP contribution in [0.5, 0.6) is 0 Å². The van der Waals surface area contributed by atoms with E-state index in [1.165, 1.54) is 13.4 Å². The number of methoxy groups -OCH3 is 1. The van der Waals surface area contributed by atoms with Gasteiger partial charge in [-0.25, -0.2) is 4.79 Å². The molecule has 0 saturated carbocycles. The van der Waals surface area contributed by atoms with Gasteiger partial charge in [0.2, 0.25) is 0 Å². The average molecular weight is 241 g/mol. The van der Waals surface area contributed by atoms with E-state index in [9.17, 15) is 4.79 Å². The van der Waals surface area contributed by atoms with Gasteiger partial charge in [0.25, 0.3) is 0 Å². The molecule has 17 heavy (non-hydrogen) atoms. The zero-order chi connectivity index (χ0) is 12.7. The lowest BCUT2D eigenvalue weighted by Crippen LogP contribution is -2.26. The maximum Gasteiger partial charge on any atom is 0.341 e. The molecule has 1 unspecified atom stereocenters. The highest BCUT2D eigenvalue weighted by Crippen LogP contribution is 2.08. The Bertz CT molecular complexity index is 348. The molecule has 0 amide bonds. The van der Waals surface area contributed by atoms with Crippen LogP contribution in [-0.4, -0.2) is 32.3 Å². The fourth-order valence-corrected chi connectivity index (χ4v) is 1.44. The van der Waals surface area contributed by atoms with Crippen LogP contribution in [0.15, 0.2) is 16.7 Å². The fraction of sp³-hybridized carbons (Fsp3) is 0.583. The smallest absolute Gasteiger partial charge is 0.341 e. The zero-order valence-corrected chi connectivity index (χ0v) is 10.5. The highest BCUT2D eigenvalue weighted by molar-refractivity contribution is 5.88. The lowest BCUT2D eigenvalue weighted by atomic mass is 10.3. The van der Waals surface area contributed by atoms with E-state index in [4.69, 9.17) is 9.15 Å². The van der Waals surface area contributed by atoms with E-state index in [-0.39, 0.29) is 12.1 Å². The first-order valence-electron chi connectivity index (χ1n) is 5.65. The molecule has 0 saturated heterocycles. The van der Waals surface area contributed by atoms with Gasteiger partial charge in [0.1, 0.15) is 12.0 Å². The molecule has 0 bridgehead atoms. The van der Waals surface area contributed by atoms with Crippen molar-refractivity contribution in [2.75, 3.05) is 20.3 Å². The van der Waals surface area contributed by atoms with Crippen LogP contribution >= 0.6 is 0 Å².